The number of nitrogens with zero attached hydrogens (tertiary/aromatic N) is 2. The summed E-state index contributed by atoms with van der Waals surface area (Å²) in [5.41, 5.74) is 0.514. The molecule has 0 radical (unpaired) electrons. The molecule has 1 unspecified atom stereocenters. The normalized spacial score (nSPS) is 18.0. The molecular weight excluding hydrogens is 340 g/mol. The first-order chi connectivity index (χ1) is 11.9. The van der Waals surface area contributed by atoms with Gasteiger partial charge >= 0.3 is 0 Å². The summed E-state index contributed by atoms with van der Waals surface area (Å²) in [6, 6.07) is 7.16. The van der Waals surface area contributed by atoms with E-state index < -0.39 is 10.0 Å². The number of piperidine rings is 1. The number of sulfonamides is 1. The van der Waals surface area contributed by atoms with Gasteiger partial charge in [-0.15, -0.1) is 0 Å². The van der Waals surface area contributed by atoms with Gasteiger partial charge in [0.1, 0.15) is 5.75 Å². The highest BCUT2D eigenvalue weighted by Crippen LogP contribution is 2.24. The van der Waals surface area contributed by atoms with Crippen LogP contribution in [0.4, 0.5) is 5.69 Å². The quantitative estimate of drug-likeness (QED) is 0.742. The van der Waals surface area contributed by atoms with Crippen molar-refractivity contribution < 1.29 is 17.9 Å². The van der Waals surface area contributed by atoms with Gasteiger partial charge in [0.2, 0.25) is 15.9 Å². The number of rotatable bonds is 7. The maximum atomic E-state index is 12.6. The molecule has 1 heterocycles. The lowest BCUT2D eigenvalue weighted by Crippen LogP contribution is -2.44. The number of benzene rings is 1. The molecule has 0 aliphatic carbocycles. The molecule has 25 heavy (non-hydrogen) atoms. The maximum absolute atomic E-state index is 12.6. The molecule has 140 valence electrons. The molecule has 1 aliphatic rings. The third-order valence-corrected chi connectivity index (χ3v) is 5.88. The van der Waals surface area contributed by atoms with Gasteiger partial charge in [0, 0.05) is 31.6 Å². The van der Waals surface area contributed by atoms with Crippen LogP contribution in [0.25, 0.3) is 0 Å². The molecule has 1 amide bonds. The van der Waals surface area contributed by atoms with Crippen molar-refractivity contribution in [3.63, 3.8) is 0 Å². The highest BCUT2D eigenvalue weighted by molar-refractivity contribution is 7.92. The summed E-state index contributed by atoms with van der Waals surface area (Å²) in [4.78, 5) is 14.6. The lowest BCUT2D eigenvalue weighted by Gasteiger charge is -2.36. The van der Waals surface area contributed by atoms with E-state index in [1.807, 2.05) is 4.90 Å². The summed E-state index contributed by atoms with van der Waals surface area (Å²) in [7, 11) is -1.95. The van der Waals surface area contributed by atoms with Crippen LogP contribution in [0.2, 0.25) is 0 Å². The molecule has 1 aromatic rings. The Bertz CT molecular complexity index is 690. The van der Waals surface area contributed by atoms with Gasteiger partial charge in [0.15, 0.2) is 0 Å². The van der Waals surface area contributed by atoms with Crippen molar-refractivity contribution in [3.05, 3.63) is 24.3 Å². The number of hydrogen-bond donors (Lipinski definition) is 0. The second kappa shape index (κ2) is 8.56. The standard InChI is InChI=1S/C18H28N2O4S/c1-4-15-8-5-6-12-19(15)18(21)11-13-20(25(3,22)23)16-9-7-10-17(14-16)24-2/h7,9-10,14-15H,4-6,8,11-13H2,1-3H3. The fourth-order valence-electron chi connectivity index (χ4n) is 3.35. The monoisotopic (exact) mass is 368 g/mol. The largest absolute Gasteiger partial charge is 0.497 e. The van der Waals surface area contributed by atoms with Crippen LogP contribution < -0.4 is 9.04 Å². The zero-order valence-corrected chi connectivity index (χ0v) is 16.1. The van der Waals surface area contributed by atoms with E-state index in [0.717, 1.165) is 38.5 Å². The average Bonchev–Trinajstić information content (AvgIpc) is 2.60. The Morgan fingerprint density at radius 1 is 1.36 bits per heavy atom. The predicted octanol–water partition coefficient (Wildman–Crippen LogP) is 2.64. The number of hydrogen-bond acceptors (Lipinski definition) is 4. The molecule has 1 aliphatic heterocycles. The zero-order chi connectivity index (χ0) is 18.4. The number of likely N-dealkylation sites (tertiary alicyclic amines) is 1. The smallest absolute Gasteiger partial charge is 0.232 e. The Labute approximate surface area is 150 Å². The SMILES string of the molecule is CCC1CCCCN1C(=O)CCN(c1cccc(OC)c1)S(C)(=O)=O. The summed E-state index contributed by atoms with van der Waals surface area (Å²) in [6.07, 6.45) is 5.49. The highest BCUT2D eigenvalue weighted by Gasteiger charge is 2.26. The topological polar surface area (TPSA) is 66.9 Å². The molecule has 0 aromatic heterocycles. The Kier molecular flexibility index (Phi) is 6.70. The van der Waals surface area contributed by atoms with E-state index in [2.05, 4.69) is 6.92 Å². The van der Waals surface area contributed by atoms with Crippen molar-refractivity contribution in [3.8, 4) is 5.75 Å². The molecule has 7 heteroatoms. The van der Waals surface area contributed by atoms with Crippen LogP contribution in [0.3, 0.4) is 0 Å². The third kappa shape index (κ3) is 5.11. The van der Waals surface area contributed by atoms with E-state index in [1.54, 1.807) is 24.3 Å². The molecule has 1 aromatic carbocycles. The van der Waals surface area contributed by atoms with Crippen LogP contribution in [0.15, 0.2) is 24.3 Å². The van der Waals surface area contributed by atoms with Crippen LogP contribution in [0.1, 0.15) is 39.0 Å². The molecule has 0 spiro atoms. The van der Waals surface area contributed by atoms with Gasteiger partial charge in [-0.1, -0.05) is 13.0 Å². The lowest BCUT2D eigenvalue weighted by molar-refractivity contribution is -0.134. The Morgan fingerprint density at radius 3 is 2.76 bits per heavy atom. The summed E-state index contributed by atoms with van der Waals surface area (Å²) in [6.45, 7) is 3.00. The summed E-state index contributed by atoms with van der Waals surface area (Å²) in [5, 5.41) is 0. The van der Waals surface area contributed by atoms with E-state index in [4.69, 9.17) is 4.74 Å². The Balaban J connectivity index is 2.11. The van der Waals surface area contributed by atoms with Crippen molar-refractivity contribution in [2.45, 2.75) is 45.1 Å². The Morgan fingerprint density at radius 2 is 2.12 bits per heavy atom. The van der Waals surface area contributed by atoms with Gasteiger partial charge in [0.05, 0.1) is 19.1 Å². The van der Waals surface area contributed by atoms with Crippen LogP contribution >= 0.6 is 0 Å². The fourth-order valence-corrected chi connectivity index (χ4v) is 4.27. The molecule has 0 bridgehead atoms. The third-order valence-electron chi connectivity index (χ3n) is 4.69. The van der Waals surface area contributed by atoms with E-state index >= 15 is 0 Å². The van der Waals surface area contributed by atoms with Gasteiger partial charge in [0.25, 0.3) is 0 Å². The van der Waals surface area contributed by atoms with Gasteiger partial charge in [-0.3, -0.25) is 9.10 Å². The van der Waals surface area contributed by atoms with Crippen LogP contribution in [-0.4, -0.2) is 51.7 Å². The molecule has 1 fully saturated rings. The molecule has 2 rings (SSSR count). The first-order valence-corrected chi connectivity index (χ1v) is 10.6. The maximum Gasteiger partial charge on any atom is 0.232 e. The number of anilines is 1. The predicted molar refractivity (Wildman–Crippen MR) is 99.4 cm³/mol. The van der Waals surface area contributed by atoms with Gasteiger partial charge < -0.3 is 9.64 Å². The number of methoxy groups -OCH3 is 1. The van der Waals surface area contributed by atoms with Crippen molar-refractivity contribution >= 4 is 21.6 Å². The van der Waals surface area contributed by atoms with Crippen molar-refractivity contribution in [1.82, 2.24) is 4.90 Å². The van der Waals surface area contributed by atoms with E-state index in [0.29, 0.717) is 11.4 Å². The van der Waals surface area contributed by atoms with E-state index in [9.17, 15) is 13.2 Å². The molecule has 0 N–H and O–H groups in total. The molecule has 0 saturated carbocycles. The first-order valence-electron chi connectivity index (χ1n) is 8.78. The molecular formula is C18H28N2O4S. The highest BCUT2D eigenvalue weighted by atomic mass is 32.2. The lowest BCUT2D eigenvalue weighted by atomic mass is 9.99. The first kappa shape index (κ1) is 19.6. The van der Waals surface area contributed by atoms with E-state index in [-0.39, 0.29) is 24.9 Å². The van der Waals surface area contributed by atoms with Gasteiger partial charge in [-0.2, -0.15) is 0 Å². The van der Waals surface area contributed by atoms with Crippen molar-refractivity contribution in [2.24, 2.45) is 0 Å². The zero-order valence-electron chi connectivity index (χ0n) is 15.3. The fraction of sp³-hybridized carbons (Fsp3) is 0.611. The molecule has 1 atom stereocenters. The number of ether oxygens (including phenoxy) is 1. The Hall–Kier alpha value is -1.76. The van der Waals surface area contributed by atoms with Crippen LogP contribution in [0.5, 0.6) is 5.75 Å². The number of carbonyl (C=O) groups is 1. The van der Waals surface area contributed by atoms with Crippen LogP contribution in [-0.2, 0) is 14.8 Å². The molecule has 6 nitrogen and oxygen atoms in total. The van der Waals surface area contributed by atoms with Gasteiger partial charge in [-0.05, 0) is 37.8 Å². The minimum atomic E-state index is -3.48. The summed E-state index contributed by atoms with van der Waals surface area (Å²) < 4.78 is 30.8. The number of carbonyl (C=O) groups excluding carboxylic acids is 1. The second-order valence-corrected chi connectivity index (χ2v) is 8.34. The van der Waals surface area contributed by atoms with Gasteiger partial charge in [-0.25, -0.2) is 8.42 Å². The summed E-state index contributed by atoms with van der Waals surface area (Å²) in [5.74, 6) is 0.614. The minimum Gasteiger partial charge on any atom is -0.497 e. The van der Waals surface area contributed by atoms with Crippen molar-refractivity contribution in [2.75, 3.05) is 30.8 Å². The minimum absolute atomic E-state index is 0.0306. The van der Waals surface area contributed by atoms with Crippen molar-refractivity contribution in [1.29, 1.82) is 0 Å². The second-order valence-electron chi connectivity index (χ2n) is 6.43. The molecule has 1 saturated heterocycles. The van der Waals surface area contributed by atoms with E-state index in [1.165, 1.54) is 11.4 Å². The number of amides is 1. The van der Waals surface area contributed by atoms with Crippen LogP contribution in [0, 0.1) is 0 Å². The summed E-state index contributed by atoms with van der Waals surface area (Å²) >= 11 is 0. The average molecular weight is 368 g/mol.